The smallest absolute Gasteiger partial charge is 0.175 e. The molecule has 0 spiro atoms. The average molecular weight is 434 g/mol. The van der Waals surface area contributed by atoms with Crippen molar-refractivity contribution in [1.82, 2.24) is 0 Å². The predicted octanol–water partition coefficient (Wildman–Crippen LogP) is 4.71. The molecule has 3 rings (SSSR count). The van der Waals surface area contributed by atoms with E-state index in [9.17, 15) is 5.11 Å². The van der Waals surface area contributed by atoms with Gasteiger partial charge in [0.05, 0.1) is 23.8 Å². The lowest BCUT2D eigenvalue weighted by Crippen LogP contribution is -2.02. The highest BCUT2D eigenvalue weighted by atomic mass is 79.9. The Bertz CT molecular complexity index is 642. The summed E-state index contributed by atoms with van der Waals surface area (Å²) in [5.41, 5.74) is 0.829. The van der Waals surface area contributed by atoms with Gasteiger partial charge in [-0.2, -0.15) is 0 Å². The second-order valence-electron chi connectivity index (χ2n) is 4.83. The molecular formula is C15H14Br2O3S. The fourth-order valence-corrected chi connectivity index (χ4v) is 4.28. The van der Waals surface area contributed by atoms with Crippen LogP contribution in [0, 0.1) is 0 Å². The lowest BCUT2D eigenvalue weighted by Gasteiger charge is -2.15. The zero-order valence-corrected chi connectivity index (χ0v) is 15.1. The maximum Gasteiger partial charge on any atom is 0.175 e. The van der Waals surface area contributed by atoms with Crippen LogP contribution in [-0.4, -0.2) is 18.3 Å². The Morgan fingerprint density at radius 1 is 1.19 bits per heavy atom. The second kappa shape index (κ2) is 6.69. The second-order valence-corrected chi connectivity index (χ2v) is 7.60. The first-order valence-electron chi connectivity index (χ1n) is 6.63. The van der Waals surface area contributed by atoms with Crippen molar-refractivity contribution >= 4 is 43.2 Å². The molecule has 0 saturated heterocycles. The molecule has 1 N–H and O–H groups in total. The maximum atomic E-state index is 10.5. The molecule has 112 valence electrons. The third-order valence-corrected chi connectivity index (χ3v) is 5.53. The van der Waals surface area contributed by atoms with Gasteiger partial charge in [0.25, 0.3) is 0 Å². The first-order chi connectivity index (χ1) is 10.1. The molecule has 0 aliphatic carbocycles. The summed E-state index contributed by atoms with van der Waals surface area (Å²) in [5, 5.41) is 12.5. The number of halogens is 2. The molecule has 0 fully saturated rings. The van der Waals surface area contributed by atoms with Gasteiger partial charge in [-0.15, -0.1) is 11.3 Å². The number of hydrogen-bond acceptors (Lipinski definition) is 4. The minimum atomic E-state index is -0.566. The Labute approximate surface area is 144 Å². The summed E-state index contributed by atoms with van der Waals surface area (Å²) >= 11 is 8.57. The van der Waals surface area contributed by atoms with Gasteiger partial charge in [0.2, 0.25) is 0 Å². The Morgan fingerprint density at radius 3 is 2.76 bits per heavy atom. The van der Waals surface area contributed by atoms with Crippen LogP contribution < -0.4 is 9.47 Å². The monoisotopic (exact) mass is 432 g/mol. The predicted molar refractivity (Wildman–Crippen MR) is 90.4 cm³/mol. The lowest BCUT2D eigenvalue weighted by atomic mass is 10.1. The summed E-state index contributed by atoms with van der Waals surface area (Å²) in [6.07, 6.45) is 0.883. The number of ether oxygens (including phenoxy) is 2. The first kappa shape index (κ1) is 15.3. The molecule has 1 unspecified atom stereocenters. The molecule has 1 atom stereocenters. The fraction of sp³-hybridized carbons (Fsp3) is 0.333. The molecule has 6 heteroatoms. The number of benzene rings is 1. The van der Waals surface area contributed by atoms with Crippen LogP contribution in [0.3, 0.4) is 0 Å². The first-order valence-corrected chi connectivity index (χ1v) is 9.10. The van der Waals surface area contributed by atoms with Crippen LogP contribution in [0.15, 0.2) is 32.5 Å². The van der Waals surface area contributed by atoms with E-state index in [1.54, 1.807) is 11.3 Å². The van der Waals surface area contributed by atoms with Gasteiger partial charge in [0.15, 0.2) is 11.5 Å². The van der Waals surface area contributed by atoms with Crippen molar-refractivity contribution in [1.29, 1.82) is 0 Å². The van der Waals surface area contributed by atoms with Crippen molar-refractivity contribution in [3.05, 3.63) is 43.0 Å². The van der Waals surface area contributed by atoms with Gasteiger partial charge in [0.1, 0.15) is 0 Å². The molecule has 0 bridgehead atoms. The summed E-state index contributed by atoms with van der Waals surface area (Å²) in [7, 11) is 0. The zero-order valence-electron chi connectivity index (χ0n) is 11.1. The van der Waals surface area contributed by atoms with Crippen molar-refractivity contribution in [3.8, 4) is 11.5 Å². The third-order valence-electron chi connectivity index (χ3n) is 3.23. The third kappa shape index (κ3) is 3.62. The molecule has 2 heterocycles. The molecule has 0 radical (unpaired) electrons. The van der Waals surface area contributed by atoms with E-state index in [1.165, 1.54) is 0 Å². The molecule has 1 aliphatic rings. The van der Waals surface area contributed by atoms with Crippen LogP contribution in [0.25, 0.3) is 0 Å². The van der Waals surface area contributed by atoms with Gasteiger partial charge in [-0.25, -0.2) is 0 Å². The Kier molecular flexibility index (Phi) is 4.88. The Morgan fingerprint density at radius 2 is 2.00 bits per heavy atom. The lowest BCUT2D eigenvalue weighted by molar-refractivity contribution is 0.178. The zero-order chi connectivity index (χ0) is 14.8. The van der Waals surface area contributed by atoms with Gasteiger partial charge in [0, 0.05) is 27.6 Å². The van der Waals surface area contributed by atoms with E-state index >= 15 is 0 Å². The molecule has 0 amide bonds. The summed E-state index contributed by atoms with van der Waals surface area (Å²) in [6.45, 7) is 1.29. The normalized spacial score (nSPS) is 15.6. The molecule has 1 aromatic heterocycles. The van der Waals surface area contributed by atoms with Crippen LogP contribution in [0.4, 0.5) is 0 Å². The van der Waals surface area contributed by atoms with E-state index in [0.29, 0.717) is 25.4 Å². The van der Waals surface area contributed by atoms with Gasteiger partial charge in [-0.3, -0.25) is 0 Å². The van der Waals surface area contributed by atoms with Gasteiger partial charge < -0.3 is 14.6 Å². The summed E-state index contributed by atoms with van der Waals surface area (Å²) < 4.78 is 13.3. The SMILES string of the molecule is OC(Cc1cc(Br)cs1)c1cc(Br)c2c(c1)OCCCO2. The van der Waals surface area contributed by atoms with E-state index in [2.05, 4.69) is 31.9 Å². The van der Waals surface area contributed by atoms with E-state index in [1.807, 2.05) is 23.6 Å². The van der Waals surface area contributed by atoms with Crippen LogP contribution in [0.5, 0.6) is 11.5 Å². The van der Waals surface area contributed by atoms with Gasteiger partial charge >= 0.3 is 0 Å². The molecule has 2 aromatic rings. The quantitative estimate of drug-likeness (QED) is 0.761. The van der Waals surface area contributed by atoms with E-state index in [4.69, 9.17) is 9.47 Å². The van der Waals surface area contributed by atoms with Crippen LogP contribution >= 0.6 is 43.2 Å². The molecule has 0 saturated carbocycles. The average Bonchev–Trinajstić information content (AvgIpc) is 2.72. The number of thiophene rings is 1. The molecular weight excluding hydrogens is 420 g/mol. The Hall–Kier alpha value is -0.560. The maximum absolute atomic E-state index is 10.5. The van der Waals surface area contributed by atoms with Crippen LogP contribution in [-0.2, 0) is 6.42 Å². The summed E-state index contributed by atoms with van der Waals surface area (Å²) in [4.78, 5) is 1.14. The summed E-state index contributed by atoms with van der Waals surface area (Å²) in [6, 6.07) is 5.81. The van der Waals surface area contributed by atoms with Crippen molar-refractivity contribution in [2.45, 2.75) is 18.9 Å². The van der Waals surface area contributed by atoms with Crippen molar-refractivity contribution in [3.63, 3.8) is 0 Å². The number of aliphatic hydroxyl groups is 1. The van der Waals surface area contributed by atoms with Crippen LogP contribution in [0.1, 0.15) is 23.0 Å². The fourth-order valence-electron chi connectivity index (χ4n) is 2.21. The molecule has 3 nitrogen and oxygen atoms in total. The molecule has 1 aliphatic heterocycles. The number of rotatable bonds is 3. The molecule has 1 aromatic carbocycles. The highest BCUT2D eigenvalue weighted by Crippen LogP contribution is 2.40. The van der Waals surface area contributed by atoms with Crippen molar-refractivity contribution < 1.29 is 14.6 Å². The van der Waals surface area contributed by atoms with Gasteiger partial charge in [-0.05, 0) is 55.6 Å². The van der Waals surface area contributed by atoms with Crippen molar-refractivity contribution in [2.75, 3.05) is 13.2 Å². The Balaban J connectivity index is 1.84. The van der Waals surface area contributed by atoms with Crippen LogP contribution in [0.2, 0.25) is 0 Å². The molecule has 21 heavy (non-hydrogen) atoms. The topological polar surface area (TPSA) is 38.7 Å². The standard InChI is InChI=1S/C15H14Br2O3S/c16-10-6-11(21-8-10)7-13(18)9-4-12(17)15-14(5-9)19-2-1-3-20-15/h4-6,8,13,18H,1-3,7H2. The number of hydrogen-bond donors (Lipinski definition) is 1. The van der Waals surface area contributed by atoms with E-state index in [-0.39, 0.29) is 0 Å². The minimum Gasteiger partial charge on any atom is -0.490 e. The highest BCUT2D eigenvalue weighted by molar-refractivity contribution is 9.10. The summed E-state index contributed by atoms with van der Waals surface area (Å²) in [5.74, 6) is 1.42. The minimum absolute atomic E-state index is 0.566. The van der Waals surface area contributed by atoms with Crippen molar-refractivity contribution in [2.24, 2.45) is 0 Å². The number of fused-ring (bicyclic) bond motifs is 1. The highest BCUT2D eigenvalue weighted by Gasteiger charge is 2.19. The van der Waals surface area contributed by atoms with Gasteiger partial charge in [-0.1, -0.05) is 0 Å². The van der Waals surface area contributed by atoms with E-state index in [0.717, 1.165) is 31.6 Å². The van der Waals surface area contributed by atoms with E-state index < -0.39 is 6.10 Å². The largest absolute Gasteiger partial charge is 0.490 e. The number of aliphatic hydroxyl groups excluding tert-OH is 1.